The number of hydrogen-bond donors (Lipinski definition) is 1. The zero-order valence-electron chi connectivity index (χ0n) is 15.6. The molecular formula is C22H23FN2O2S. The van der Waals surface area contributed by atoms with Crippen LogP contribution in [0.25, 0.3) is 10.8 Å². The highest BCUT2D eigenvalue weighted by atomic mass is 32.1. The SMILES string of the molecule is O=C(Cc1csc(-c2ccco2)n1)NCC1(c2ccc(F)cc2)CCCCC1. The molecule has 1 N–H and O–H groups in total. The van der Waals surface area contributed by atoms with Gasteiger partial charge in [0.2, 0.25) is 5.91 Å². The number of thiazole rings is 1. The van der Waals surface area contributed by atoms with E-state index in [2.05, 4.69) is 10.3 Å². The van der Waals surface area contributed by atoms with E-state index in [4.69, 9.17) is 4.42 Å². The molecule has 28 heavy (non-hydrogen) atoms. The summed E-state index contributed by atoms with van der Waals surface area (Å²) in [6, 6.07) is 10.4. The van der Waals surface area contributed by atoms with Gasteiger partial charge in [0, 0.05) is 17.3 Å². The molecule has 1 aliphatic rings. The first-order valence-corrected chi connectivity index (χ1v) is 10.5. The van der Waals surface area contributed by atoms with Crippen molar-refractivity contribution < 1.29 is 13.6 Å². The Morgan fingerprint density at radius 3 is 2.68 bits per heavy atom. The van der Waals surface area contributed by atoms with Gasteiger partial charge in [0.05, 0.1) is 18.4 Å². The van der Waals surface area contributed by atoms with Gasteiger partial charge in [-0.3, -0.25) is 4.79 Å². The van der Waals surface area contributed by atoms with Crippen LogP contribution in [0.3, 0.4) is 0 Å². The quantitative estimate of drug-likeness (QED) is 0.628. The van der Waals surface area contributed by atoms with E-state index in [1.54, 1.807) is 6.26 Å². The van der Waals surface area contributed by atoms with Crippen molar-refractivity contribution in [2.75, 3.05) is 6.54 Å². The number of benzene rings is 1. The molecule has 146 valence electrons. The second-order valence-corrected chi connectivity index (χ2v) is 8.28. The Bertz CT molecular complexity index is 912. The van der Waals surface area contributed by atoms with Crippen molar-refractivity contribution in [1.29, 1.82) is 0 Å². The van der Waals surface area contributed by atoms with E-state index in [1.807, 2.05) is 29.6 Å². The third-order valence-electron chi connectivity index (χ3n) is 5.52. The van der Waals surface area contributed by atoms with Crippen molar-refractivity contribution in [2.24, 2.45) is 0 Å². The van der Waals surface area contributed by atoms with Crippen molar-refractivity contribution in [2.45, 2.75) is 43.9 Å². The van der Waals surface area contributed by atoms with Crippen LogP contribution in [0.5, 0.6) is 0 Å². The molecule has 6 heteroatoms. The summed E-state index contributed by atoms with van der Waals surface area (Å²) in [5.41, 5.74) is 1.75. The number of carbonyl (C=O) groups is 1. The van der Waals surface area contributed by atoms with E-state index in [0.717, 1.165) is 41.9 Å². The predicted octanol–water partition coefficient (Wildman–Crippen LogP) is 5.10. The number of amides is 1. The highest BCUT2D eigenvalue weighted by Crippen LogP contribution is 2.39. The zero-order valence-corrected chi connectivity index (χ0v) is 16.4. The molecule has 1 aliphatic carbocycles. The fourth-order valence-corrected chi connectivity index (χ4v) is 4.78. The molecule has 1 saturated carbocycles. The Labute approximate surface area is 167 Å². The molecule has 0 aliphatic heterocycles. The Morgan fingerprint density at radius 1 is 1.18 bits per heavy atom. The molecule has 0 atom stereocenters. The van der Waals surface area contributed by atoms with E-state index in [-0.39, 0.29) is 23.6 Å². The van der Waals surface area contributed by atoms with Gasteiger partial charge in [-0.15, -0.1) is 11.3 Å². The summed E-state index contributed by atoms with van der Waals surface area (Å²) in [4.78, 5) is 17.0. The molecule has 2 aromatic heterocycles. The second-order valence-electron chi connectivity index (χ2n) is 7.42. The third kappa shape index (κ3) is 4.17. The second kappa shape index (κ2) is 8.27. The number of furan rings is 1. The summed E-state index contributed by atoms with van der Waals surface area (Å²) >= 11 is 1.47. The van der Waals surface area contributed by atoms with Crippen LogP contribution < -0.4 is 5.32 Å². The lowest BCUT2D eigenvalue weighted by molar-refractivity contribution is -0.120. The van der Waals surface area contributed by atoms with E-state index in [1.165, 1.54) is 29.9 Å². The molecule has 1 amide bonds. The lowest BCUT2D eigenvalue weighted by atomic mass is 9.69. The smallest absolute Gasteiger partial charge is 0.226 e. The van der Waals surface area contributed by atoms with Crippen molar-refractivity contribution in [3.05, 3.63) is 65.1 Å². The first kappa shape index (κ1) is 18.9. The van der Waals surface area contributed by atoms with Gasteiger partial charge in [0.25, 0.3) is 0 Å². The molecule has 2 heterocycles. The van der Waals surface area contributed by atoms with E-state index in [9.17, 15) is 9.18 Å². The molecule has 4 nitrogen and oxygen atoms in total. The van der Waals surface area contributed by atoms with E-state index >= 15 is 0 Å². The Morgan fingerprint density at radius 2 is 1.96 bits per heavy atom. The minimum atomic E-state index is -0.227. The lowest BCUT2D eigenvalue weighted by Crippen LogP contribution is -2.42. The van der Waals surface area contributed by atoms with Crippen molar-refractivity contribution >= 4 is 17.2 Å². The fourth-order valence-electron chi connectivity index (χ4n) is 4.00. The lowest BCUT2D eigenvalue weighted by Gasteiger charge is -2.38. The number of halogens is 1. The largest absolute Gasteiger partial charge is 0.462 e. The maximum absolute atomic E-state index is 13.4. The Kier molecular flexibility index (Phi) is 5.57. The Balaban J connectivity index is 1.41. The topological polar surface area (TPSA) is 55.1 Å². The van der Waals surface area contributed by atoms with Crippen LogP contribution >= 0.6 is 11.3 Å². The molecule has 0 bridgehead atoms. The molecule has 3 aromatic rings. The standard InChI is InChI=1S/C22H23FN2O2S/c23-17-8-6-16(7-9-17)22(10-2-1-3-11-22)15-24-20(26)13-18-14-28-21(25-18)19-5-4-12-27-19/h4-9,12,14H,1-3,10-11,13,15H2,(H,24,26). The number of nitrogens with one attached hydrogen (secondary N) is 1. The monoisotopic (exact) mass is 398 g/mol. The zero-order chi connectivity index (χ0) is 19.4. The van der Waals surface area contributed by atoms with E-state index < -0.39 is 0 Å². The summed E-state index contributed by atoms with van der Waals surface area (Å²) in [6.07, 6.45) is 7.36. The van der Waals surface area contributed by atoms with Crippen molar-refractivity contribution in [1.82, 2.24) is 10.3 Å². The number of nitrogens with zero attached hydrogens (tertiary/aromatic N) is 1. The van der Waals surface area contributed by atoms with Gasteiger partial charge in [-0.2, -0.15) is 0 Å². The van der Waals surface area contributed by atoms with Gasteiger partial charge >= 0.3 is 0 Å². The number of rotatable bonds is 6. The summed E-state index contributed by atoms with van der Waals surface area (Å²) in [7, 11) is 0. The normalized spacial score (nSPS) is 16.0. The first-order chi connectivity index (χ1) is 13.6. The maximum Gasteiger partial charge on any atom is 0.226 e. The van der Waals surface area contributed by atoms with Crippen LogP contribution in [0.4, 0.5) is 4.39 Å². The molecule has 4 rings (SSSR count). The average Bonchev–Trinajstić information content (AvgIpc) is 3.39. The predicted molar refractivity (Wildman–Crippen MR) is 108 cm³/mol. The van der Waals surface area contributed by atoms with Crippen molar-refractivity contribution in [3.63, 3.8) is 0 Å². The summed E-state index contributed by atoms with van der Waals surface area (Å²) in [5.74, 6) is 0.451. The third-order valence-corrected chi connectivity index (χ3v) is 6.42. The summed E-state index contributed by atoms with van der Waals surface area (Å²) in [5, 5.41) is 5.78. The Hall–Kier alpha value is -2.47. The molecular weight excluding hydrogens is 375 g/mol. The molecule has 0 spiro atoms. The van der Waals surface area contributed by atoms with Crippen LogP contribution in [-0.4, -0.2) is 17.4 Å². The first-order valence-electron chi connectivity index (χ1n) is 9.66. The van der Waals surface area contributed by atoms with E-state index in [0.29, 0.717) is 12.3 Å². The molecule has 0 saturated heterocycles. The van der Waals surface area contributed by atoms with Gasteiger partial charge < -0.3 is 9.73 Å². The molecule has 1 aromatic carbocycles. The molecule has 0 unspecified atom stereocenters. The number of carbonyl (C=O) groups excluding carboxylic acids is 1. The summed E-state index contributed by atoms with van der Waals surface area (Å²) in [6.45, 7) is 0.576. The van der Waals surface area contributed by atoms with Crippen LogP contribution in [0.15, 0.2) is 52.5 Å². The van der Waals surface area contributed by atoms with Crippen LogP contribution in [0.2, 0.25) is 0 Å². The highest BCUT2D eigenvalue weighted by molar-refractivity contribution is 7.13. The van der Waals surface area contributed by atoms with Crippen LogP contribution in [-0.2, 0) is 16.6 Å². The van der Waals surface area contributed by atoms with Gasteiger partial charge in [-0.25, -0.2) is 9.37 Å². The number of hydrogen-bond acceptors (Lipinski definition) is 4. The molecule has 1 fully saturated rings. The van der Waals surface area contributed by atoms with Crippen molar-refractivity contribution in [3.8, 4) is 10.8 Å². The van der Waals surface area contributed by atoms with Gasteiger partial charge in [0.15, 0.2) is 10.8 Å². The summed E-state index contributed by atoms with van der Waals surface area (Å²) < 4.78 is 18.7. The number of aromatic nitrogens is 1. The van der Waals surface area contributed by atoms with Crippen LogP contribution in [0.1, 0.15) is 43.4 Å². The molecule has 0 radical (unpaired) electrons. The highest BCUT2D eigenvalue weighted by Gasteiger charge is 2.34. The van der Waals surface area contributed by atoms with Gasteiger partial charge in [-0.1, -0.05) is 31.4 Å². The van der Waals surface area contributed by atoms with Gasteiger partial charge in [-0.05, 0) is 42.7 Å². The van der Waals surface area contributed by atoms with Gasteiger partial charge in [0.1, 0.15) is 5.82 Å². The maximum atomic E-state index is 13.4. The fraction of sp³-hybridized carbons (Fsp3) is 0.364. The van der Waals surface area contributed by atoms with Crippen LogP contribution in [0, 0.1) is 5.82 Å². The minimum absolute atomic E-state index is 0.0386. The average molecular weight is 399 g/mol. The minimum Gasteiger partial charge on any atom is -0.462 e.